The van der Waals surface area contributed by atoms with Crippen LogP contribution < -0.4 is 10.6 Å². The first kappa shape index (κ1) is 20.2. The number of rotatable bonds is 6. The summed E-state index contributed by atoms with van der Waals surface area (Å²) in [4.78, 5) is 39.9. The molecular formula is C20H16FN3O4S. The third-order valence-corrected chi connectivity index (χ3v) is 4.63. The number of carbonyl (C=O) groups excluding carboxylic acids is 3. The van der Waals surface area contributed by atoms with E-state index in [9.17, 15) is 18.8 Å². The number of ether oxygens (including phenoxy) is 1. The molecular weight excluding hydrogens is 397 g/mol. The van der Waals surface area contributed by atoms with Gasteiger partial charge in [0, 0.05) is 17.5 Å². The van der Waals surface area contributed by atoms with Crippen LogP contribution in [0.3, 0.4) is 0 Å². The number of halogens is 1. The Morgan fingerprint density at radius 1 is 1.07 bits per heavy atom. The average molecular weight is 413 g/mol. The van der Waals surface area contributed by atoms with Crippen molar-refractivity contribution in [1.82, 2.24) is 10.3 Å². The van der Waals surface area contributed by atoms with Gasteiger partial charge in [0.05, 0.1) is 12.7 Å². The van der Waals surface area contributed by atoms with E-state index >= 15 is 0 Å². The fraction of sp³-hybridized carbons (Fsp3) is 0.100. The molecule has 148 valence electrons. The summed E-state index contributed by atoms with van der Waals surface area (Å²) in [6.07, 6.45) is 0. The van der Waals surface area contributed by atoms with Crippen LogP contribution in [0.15, 0.2) is 53.9 Å². The van der Waals surface area contributed by atoms with Gasteiger partial charge in [-0.1, -0.05) is 18.2 Å². The molecule has 29 heavy (non-hydrogen) atoms. The lowest BCUT2D eigenvalue weighted by molar-refractivity contribution is 0.0600. The van der Waals surface area contributed by atoms with Gasteiger partial charge in [-0.15, -0.1) is 11.3 Å². The van der Waals surface area contributed by atoms with E-state index in [0.29, 0.717) is 5.56 Å². The van der Waals surface area contributed by atoms with E-state index in [2.05, 4.69) is 20.4 Å². The molecule has 1 aromatic heterocycles. The van der Waals surface area contributed by atoms with Crippen LogP contribution >= 0.6 is 11.3 Å². The Labute approximate surface area is 169 Å². The molecule has 0 aliphatic carbocycles. The molecule has 0 atom stereocenters. The molecule has 0 bridgehead atoms. The third kappa shape index (κ3) is 5.23. The van der Waals surface area contributed by atoms with Gasteiger partial charge in [-0.25, -0.2) is 14.2 Å². The summed E-state index contributed by atoms with van der Waals surface area (Å²) in [5.41, 5.74) is 1.51. The number of anilines is 1. The first-order valence-electron chi connectivity index (χ1n) is 8.44. The Morgan fingerprint density at radius 3 is 2.52 bits per heavy atom. The zero-order valence-corrected chi connectivity index (χ0v) is 16.1. The number of benzene rings is 2. The number of methoxy groups -OCH3 is 1. The lowest BCUT2D eigenvalue weighted by Gasteiger charge is -2.05. The van der Waals surface area contributed by atoms with E-state index in [0.717, 1.165) is 23.0 Å². The lowest BCUT2D eigenvalue weighted by Crippen LogP contribution is -2.23. The Bertz CT molecular complexity index is 1050. The number of thiazole rings is 1. The first-order valence-corrected chi connectivity index (χ1v) is 9.32. The molecule has 3 aromatic rings. The minimum atomic E-state index is -0.517. The third-order valence-electron chi connectivity index (χ3n) is 3.87. The summed E-state index contributed by atoms with van der Waals surface area (Å²) >= 11 is 1.09. The number of hydrogen-bond donors (Lipinski definition) is 2. The molecule has 7 nitrogen and oxygen atoms in total. The molecule has 0 aliphatic rings. The van der Waals surface area contributed by atoms with Crippen molar-refractivity contribution in [2.24, 2.45) is 0 Å². The standard InChI is InChI=1S/C20H16FN3O4S/c1-28-19(27)13-7-5-12(6-8-13)10-22-18(26)16-11-29-20(23-16)24-17(25)14-3-2-4-15(21)9-14/h2-9,11H,10H2,1H3,(H,22,26)(H,23,24,25). The fourth-order valence-electron chi connectivity index (χ4n) is 2.38. The highest BCUT2D eigenvalue weighted by Gasteiger charge is 2.14. The van der Waals surface area contributed by atoms with Crippen LogP contribution in [0.1, 0.15) is 36.8 Å². The van der Waals surface area contributed by atoms with E-state index in [4.69, 9.17) is 0 Å². The van der Waals surface area contributed by atoms with E-state index in [1.807, 2.05) is 0 Å². The van der Waals surface area contributed by atoms with Gasteiger partial charge in [0.15, 0.2) is 5.13 Å². The van der Waals surface area contributed by atoms with Crippen LogP contribution in [0.25, 0.3) is 0 Å². The molecule has 0 unspecified atom stereocenters. The summed E-state index contributed by atoms with van der Waals surface area (Å²) in [5.74, 6) is -1.88. The van der Waals surface area contributed by atoms with Gasteiger partial charge in [0.2, 0.25) is 0 Å². The van der Waals surface area contributed by atoms with Crippen molar-refractivity contribution >= 4 is 34.3 Å². The van der Waals surface area contributed by atoms with Gasteiger partial charge in [-0.2, -0.15) is 0 Å². The highest BCUT2D eigenvalue weighted by atomic mass is 32.1. The number of nitrogens with one attached hydrogen (secondary N) is 2. The number of hydrogen-bond acceptors (Lipinski definition) is 6. The van der Waals surface area contributed by atoms with Crippen LogP contribution in [0.5, 0.6) is 0 Å². The molecule has 2 aromatic carbocycles. The summed E-state index contributed by atoms with van der Waals surface area (Å²) in [6.45, 7) is 0.239. The van der Waals surface area contributed by atoms with Crippen LogP contribution in [-0.2, 0) is 11.3 Å². The maximum Gasteiger partial charge on any atom is 0.337 e. The SMILES string of the molecule is COC(=O)c1ccc(CNC(=O)c2csc(NC(=O)c3cccc(F)c3)n2)cc1. The topological polar surface area (TPSA) is 97.4 Å². The number of esters is 1. The van der Waals surface area contributed by atoms with Crippen LogP contribution in [-0.4, -0.2) is 29.9 Å². The normalized spacial score (nSPS) is 10.3. The number of nitrogens with zero attached hydrogens (tertiary/aromatic N) is 1. The molecule has 0 radical (unpaired) electrons. The first-order chi connectivity index (χ1) is 14.0. The fourth-order valence-corrected chi connectivity index (χ4v) is 3.07. The molecule has 0 spiro atoms. The van der Waals surface area contributed by atoms with Gasteiger partial charge in [0.1, 0.15) is 11.5 Å². The largest absolute Gasteiger partial charge is 0.465 e. The molecule has 3 rings (SSSR count). The summed E-state index contributed by atoms with van der Waals surface area (Å²) < 4.78 is 17.8. The quantitative estimate of drug-likeness (QED) is 0.605. The van der Waals surface area contributed by atoms with E-state index < -0.39 is 23.6 Å². The second-order valence-electron chi connectivity index (χ2n) is 5.87. The Hall–Kier alpha value is -3.59. The van der Waals surface area contributed by atoms with E-state index in [1.54, 1.807) is 24.3 Å². The van der Waals surface area contributed by atoms with Crippen LogP contribution in [0, 0.1) is 5.82 Å². The molecule has 0 aliphatic heterocycles. The van der Waals surface area contributed by atoms with Gasteiger partial charge in [-0.05, 0) is 35.9 Å². The number of aromatic nitrogens is 1. The van der Waals surface area contributed by atoms with Crippen molar-refractivity contribution in [3.8, 4) is 0 Å². The Morgan fingerprint density at radius 2 is 1.83 bits per heavy atom. The zero-order valence-electron chi connectivity index (χ0n) is 15.3. The number of amides is 2. The molecule has 9 heteroatoms. The van der Waals surface area contributed by atoms with Gasteiger partial charge in [-0.3, -0.25) is 14.9 Å². The molecule has 0 saturated carbocycles. The maximum atomic E-state index is 13.2. The minimum absolute atomic E-state index is 0.149. The van der Waals surface area contributed by atoms with Crippen molar-refractivity contribution in [3.05, 3.63) is 82.1 Å². The smallest absolute Gasteiger partial charge is 0.337 e. The van der Waals surface area contributed by atoms with Gasteiger partial charge < -0.3 is 10.1 Å². The minimum Gasteiger partial charge on any atom is -0.465 e. The van der Waals surface area contributed by atoms with Crippen molar-refractivity contribution in [3.63, 3.8) is 0 Å². The maximum absolute atomic E-state index is 13.2. The predicted molar refractivity (Wildman–Crippen MR) is 105 cm³/mol. The highest BCUT2D eigenvalue weighted by Crippen LogP contribution is 2.17. The summed E-state index contributed by atoms with van der Waals surface area (Å²) in [6, 6.07) is 11.9. The summed E-state index contributed by atoms with van der Waals surface area (Å²) in [5, 5.41) is 6.98. The van der Waals surface area contributed by atoms with Crippen molar-refractivity contribution in [1.29, 1.82) is 0 Å². The molecule has 2 N–H and O–H groups in total. The molecule has 0 saturated heterocycles. The van der Waals surface area contributed by atoms with Crippen molar-refractivity contribution in [2.75, 3.05) is 12.4 Å². The highest BCUT2D eigenvalue weighted by molar-refractivity contribution is 7.14. The Kier molecular flexibility index (Phi) is 6.30. The van der Waals surface area contributed by atoms with Crippen LogP contribution in [0.2, 0.25) is 0 Å². The van der Waals surface area contributed by atoms with Crippen molar-refractivity contribution < 1.29 is 23.5 Å². The second-order valence-corrected chi connectivity index (χ2v) is 6.73. The number of carbonyl (C=O) groups is 3. The monoisotopic (exact) mass is 413 g/mol. The van der Waals surface area contributed by atoms with Crippen molar-refractivity contribution in [2.45, 2.75) is 6.54 Å². The molecule has 1 heterocycles. The average Bonchev–Trinajstić information content (AvgIpc) is 3.20. The van der Waals surface area contributed by atoms with Gasteiger partial charge >= 0.3 is 5.97 Å². The Balaban J connectivity index is 1.56. The van der Waals surface area contributed by atoms with E-state index in [1.165, 1.54) is 30.7 Å². The zero-order chi connectivity index (χ0) is 20.8. The second kappa shape index (κ2) is 9.07. The molecule has 2 amide bonds. The van der Waals surface area contributed by atoms with E-state index in [-0.39, 0.29) is 22.9 Å². The predicted octanol–water partition coefficient (Wildman–Crippen LogP) is 3.25. The van der Waals surface area contributed by atoms with Crippen LogP contribution in [0.4, 0.5) is 9.52 Å². The molecule has 0 fully saturated rings. The lowest BCUT2D eigenvalue weighted by atomic mass is 10.1. The van der Waals surface area contributed by atoms with Gasteiger partial charge in [0.25, 0.3) is 11.8 Å². The summed E-state index contributed by atoms with van der Waals surface area (Å²) in [7, 11) is 1.30.